The number of hydrogen-bond donors (Lipinski definition) is 2. The van der Waals surface area contributed by atoms with E-state index in [0.717, 1.165) is 19.3 Å². The lowest BCUT2D eigenvalue weighted by molar-refractivity contribution is -0.146. The number of carboxylic acid groups (broad SMARTS) is 1. The zero-order chi connectivity index (χ0) is 19.4. The Morgan fingerprint density at radius 2 is 1.70 bits per heavy atom. The summed E-state index contributed by atoms with van der Waals surface area (Å²) in [5, 5.41) is 12.0. The van der Waals surface area contributed by atoms with Gasteiger partial charge in [-0.1, -0.05) is 24.6 Å². The van der Waals surface area contributed by atoms with Crippen LogP contribution in [0.25, 0.3) is 0 Å². The molecule has 1 aromatic rings. The van der Waals surface area contributed by atoms with Crippen molar-refractivity contribution in [3.05, 3.63) is 36.4 Å². The molecule has 0 bridgehead atoms. The first-order chi connectivity index (χ1) is 12.9. The largest absolute Gasteiger partial charge is 0.481 e. The summed E-state index contributed by atoms with van der Waals surface area (Å²) in [7, 11) is -3.59. The summed E-state index contributed by atoms with van der Waals surface area (Å²) in [6.45, 7) is 1.02. The van der Waals surface area contributed by atoms with Crippen molar-refractivity contribution in [2.75, 3.05) is 18.4 Å². The Morgan fingerprint density at radius 3 is 2.37 bits per heavy atom. The fourth-order valence-corrected chi connectivity index (χ4v) is 5.16. The van der Waals surface area contributed by atoms with Gasteiger partial charge in [0.1, 0.15) is 0 Å². The predicted octanol–water partition coefficient (Wildman–Crippen LogP) is 2.47. The summed E-state index contributed by atoms with van der Waals surface area (Å²) < 4.78 is 27.1. The number of carbonyl (C=O) groups is 2. The van der Waals surface area contributed by atoms with E-state index in [4.69, 9.17) is 0 Å². The number of amides is 1. The summed E-state index contributed by atoms with van der Waals surface area (Å²) >= 11 is 0. The van der Waals surface area contributed by atoms with Gasteiger partial charge in [0.2, 0.25) is 15.9 Å². The molecule has 1 saturated heterocycles. The van der Waals surface area contributed by atoms with E-state index >= 15 is 0 Å². The molecule has 0 saturated carbocycles. The van der Waals surface area contributed by atoms with E-state index in [9.17, 15) is 23.1 Å². The van der Waals surface area contributed by atoms with Gasteiger partial charge < -0.3 is 10.4 Å². The average molecular weight is 392 g/mol. The molecule has 1 aromatic carbocycles. The van der Waals surface area contributed by atoms with Gasteiger partial charge in [0, 0.05) is 18.8 Å². The lowest BCUT2D eigenvalue weighted by atomic mass is 9.82. The third kappa shape index (κ3) is 4.39. The normalized spacial score (nSPS) is 23.7. The van der Waals surface area contributed by atoms with Gasteiger partial charge in [-0.25, -0.2) is 8.42 Å². The summed E-state index contributed by atoms with van der Waals surface area (Å²) in [6.07, 6.45) is 6.98. The minimum atomic E-state index is -3.59. The van der Waals surface area contributed by atoms with Crippen LogP contribution in [0.4, 0.5) is 5.69 Å². The van der Waals surface area contributed by atoms with E-state index in [0.29, 0.717) is 31.6 Å². The topological polar surface area (TPSA) is 104 Å². The van der Waals surface area contributed by atoms with Gasteiger partial charge in [0.05, 0.1) is 16.7 Å². The molecular weight excluding hydrogens is 368 g/mol. The Bertz CT molecular complexity index is 843. The van der Waals surface area contributed by atoms with Crippen LogP contribution in [0.5, 0.6) is 0 Å². The molecule has 2 atom stereocenters. The average Bonchev–Trinajstić information content (AvgIpc) is 2.69. The molecule has 2 aliphatic rings. The molecule has 7 nitrogen and oxygen atoms in total. The number of benzene rings is 1. The van der Waals surface area contributed by atoms with E-state index in [1.807, 2.05) is 0 Å². The molecule has 0 aromatic heterocycles. The van der Waals surface area contributed by atoms with Crippen LogP contribution >= 0.6 is 0 Å². The van der Waals surface area contributed by atoms with Crippen molar-refractivity contribution in [3.8, 4) is 0 Å². The zero-order valence-electron chi connectivity index (χ0n) is 15.0. The molecule has 8 heteroatoms. The van der Waals surface area contributed by atoms with E-state index in [-0.39, 0.29) is 4.90 Å². The molecule has 146 valence electrons. The van der Waals surface area contributed by atoms with Crippen LogP contribution in [-0.4, -0.2) is 42.8 Å². The minimum absolute atomic E-state index is 0.139. The van der Waals surface area contributed by atoms with Crippen molar-refractivity contribution in [1.29, 1.82) is 0 Å². The van der Waals surface area contributed by atoms with Gasteiger partial charge in [-0.05, 0) is 43.9 Å². The Hall–Kier alpha value is -2.19. The third-order valence-electron chi connectivity index (χ3n) is 5.14. The molecule has 0 radical (unpaired) electrons. The lowest BCUT2D eigenvalue weighted by Gasteiger charge is -2.26. The van der Waals surface area contributed by atoms with Gasteiger partial charge in [0.15, 0.2) is 0 Å². The molecular formula is C19H24N2O5S. The highest BCUT2D eigenvalue weighted by atomic mass is 32.2. The van der Waals surface area contributed by atoms with Crippen LogP contribution in [0.3, 0.4) is 0 Å². The quantitative estimate of drug-likeness (QED) is 0.749. The molecule has 0 spiro atoms. The van der Waals surface area contributed by atoms with E-state index in [1.165, 1.54) is 16.4 Å². The van der Waals surface area contributed by atoms with Gasteiger partial charge in [-0.3, -0.25) is 9.59 Å². The van der Waals surface area contributed by atoms with Gasteiger partial charge in [-0.2, -0.15) is 4.31 Å². The van der Waals surface area contributed by atoms with Crippen LogP contribution in [-0.2, 0) is 19.6 Å². The molecule has 3 rings (SSSR count). The molecule has 1 heterocycles. The number of anilines is 1. The second-order valence-corrected chi connectivity index (χ2v) is 8.91. The number of hydrogen-bond acceptors (Lipinski definition) is 4. The van der Waals surface area contributed by atoms with E-state index in [2.05, 4.69) is 5.32 Å². The maximum Gasteiger partial charge on any atom is 0.307 e. The van der Waals surface area contributed by atoms with Crippen molar-refractivity contribution in [2.45, 2.75) is 37.0 Å². The van der Waals surface area contributed by atoms with E-state index < -0.39 is 33.7 Å². The number of piperidine rings is 1. The highest BCUT2D eigenvalue weighted by Gasteiger charge is 2.34. The monoisotopic (exact) mass is 392 g/mol. The molecule has 27 heavy (non-hydrogen) atoms. The van der Waals surface area contributed by atoms with Crippen LogP contribution in [0.2, 0.25) is 0 Å². The summed E-state index contributed by atoms with van der Waals surface area (Å²) in [5.74, 6) is -2.84. The Labute approximate surface area is 159 Å². The smallest absolute Gasteiger partial charge is 0.307 e. The van der Waals surface area contributed by atoms with Crippen LogP contribution < -0.4 is 5.32 Å². The van der Waals surface area contributed by atoms with Crippen molar-refractivity contribution < 1.29 is 23.1 Å². The standard InChI is InChI=1S/C19H24N2O5S/c22-18(16-9-2-3-10-17(16)19(23)24)20-14-7-6-8-15(13-14)27(25,26)21-11-4-1-5-12-21/h2-3,6-8,13,16-17H,1,4-5,9-12H2,(H,20,22)(H,23,24). The van der Waals surface area contributed by atoms with Crippen LogP contribution in [0.15, 0.2) is 41.3 Å². The number of rotatable bonds is 5. The molecule has 1 fully saturated rings. The molecule has 2 unspecified atom stereocenters. The summed E-state index contributed by atoms with van der Waals surface area (Å²) in [6, 6.07) is 6.16. The summed E-state index contributed by atoms with van der Waals surface area (Å²) in [4.78, 5) is 24.1. The van der Waals surface area contributed by atoms with Gasteiger partial charge in [0.25, 0.3) is 0 Å². The number of nitrogens with zero attached hydrogens (tertiary/aromatic N) is 1. The fraction of sp³-hybridized carbons (Fsp3) is 0.474. The zero-order valence-corrected chi connectivity index (χ0v) is 15.8. The first kappa shape index (κ1) is 19.6. The molecule has 2 N–H and O–H groups in total. The maximum atomic E-state index is 12.8. The lowest BCUT2D eigenvalue weighted by Crippen LogP contribution is -2.36. The number of allylic oxidation sites excluding steroid dienone is 2. The van der Waals surface area contributed by atoms with Gasteiger partial charge in [-0.15, -0.1) is 0 Å². The number of carbonyl (C=O) groups excluding carboxylic acids is 1. The van der Waals surface area contributed by atoms with Crippen LogP contribution in [0, 0.1) is 11.8 Å². The maximum absolute atomic E-state index is 12.8. The molecule has 1 aliphatic carbocycles. The minimum Gasteiger partial charge on any atom is -0.481 e. The van der Waals surface area contributed by atoms with Crippen molar-refractivity contribution in [1.82, 2.24) is 4.31 Å². The van der Waals surface area contributed by atoms with Crippen molar-refractivity contribution >= 4 is 27.6 Å². The second-order valence-electron chi connectivity index (χ2n) is 6.98. The Kier molecular flexibility index (Phi) is 5.96. The number of sulfonamides is 1. The number of aliphatic carboxylic acids is 1. The fourth-order valence-electron chi connectivity index (χ4n) is 3.60. The Morgan fingerprint density at radius 1 is 1.04 bits per heavy atom. The number of nitrogens with one attached hydrogen (secondary N) is 1. The Balaban J connectivity index is 1.76. The predicted molar refractivity (Wildman–Crippen MR) is 101 cm³/mol. The second kappa shape index (κ2) is 8.22. The van der Waals surface area contributed by atoms with Crippen molar-refractivity contribution in [2.24, 2.45) is 11.8 Å². The highest BCUT2D eigenvalue weighted by Crippen LogP contribution is 2.28. The summed E-state index contributed by atoms with van der Waals surface area (Å²) in [5.41, 5.74) is 0.358. The van der Waals surface area contributed by atoms with E-state index in [1.54, 1.807) is 24.3 Å². The third-order valence-corrected chi connectivity index (χ3v) is 7.04. The first-order valence-corrected chi connectivity index (χ1v) is 10.6. The molecule has 1 aliphatic heterocycles. The first-order valence-electron chi connectivity index (χ1n) is 9.18. The van der Waals surface area contributed by atoms with Crippen LogP contribution in [0.1, 0.15) is 32.1 Å². The molecule has 1 amide bonds. The highest BCUT2D eigenvalue weighted by molar-refractivity contribution is 7.89. The van der Waals surface area contributed by atoms with Gasteiger partial charge >= 0.3 is 5.97 Å². The number of carboxylic acids is 1. The SMILES string of the molecule is O=C(O)C1CC=CCC1C(=O)Nc1cccc(S(=O)(=O)N2CCCCC2)c1. The van der Waals surface area contributed by atoms with Crippen molar-refractivity contribution in [3.63, 3.8) is 0 Å².